The quantitative estimate of drug-likeness (QED) is 0.438. The smallest absolute Gasteiger partial charge is 0.341 e. The zero-order valence-electron chi connectivity index (χ0n) is 8.14. The van der Waals surface area contributed by atoms with Crippen LogP contribution >= 0.6 is 38.5 Å². The first kappa shape index (κ1) is 13.8. The van der Waals surface area contributed by atoms with E-state index in [9.17, 15) is 13.6 Å². The van der Waals surface area contributed by atoms with Gasteiger partial charge in [-0.1, -0.05) is 0 Å². The predicted octanol–water partition coefficient (Wildman–Crippen LogP) is 3.56. The summed E-state index contributed by atoms with van der Waals surface area (Å²) in [5, 5.41) is 0. The molecule has 16 heavy (non-hydrogen) atoms. The Kier molecular flexibility index (Phi) is 5.03. The van der Waals surface area contributed by atoms with E-state index in [2.05, 4.69) is 20.9 Å². The number of carbonyl (C=O) groups is 1. The molecule has 1 heterocycles. The van der Waals surface area contributed by atoms with Gasteiger partial charge in [-0.3, -0.25) is 0 Å². The van der Waals surface area contributed by atoms with Crippen LogP contribution in [0.2, 0.25) is 0 Å². The van der Waals surface area contributed by atoms with Gasteiger partial charge >= 0.3 is 5.97 Å². The van der Waals surface area contributed by atoms with Crippen molar-refractivity contribution >= 4 is 44.5 Å². The molecule has 1 aromatic rings. The van der Waals surface area contributed by atoms with Crippen molar-refractivity contribution in [2.24, 2.45) is 0 Å². The van der Waals surface area contributed by atoms with Crippen LogP contribution < -0.4 is 0 Å². The number of alkyl halides is 2. The zero-order chi connectivity index (χ0) is 12.3. The molecule has 0 unspecified atom stereocenters. The molecular formula is C9H7BrF2INO2. The number of hydrogen-bond donors (Lipinski definition) is 0. The van der Waals surface area contributed by atoms with Crippen LogP contribution in [0.3, 0.4) is 0 Å². The molecular weight excluding hydrogens is 399 g/mol. The Morgan fingerprint density at radius 2 is 2.31 bits per heavy atom. The molecule has 0 bridgehead atoms. The Bertz CT molecular complexity index is 415. The lowest BCUT2D eigenvalue weighted by Gasteiger charge is -2.09. The van der Waals surface area contributed by atoms with Crippen molar-refractivity contribution in [3.05, 3.63) is 25.5 Å². The third-order valence-corrected chi connectivity index (χ3v) is 3.47. The van der Waals surface area contributed by atoms with Crippen molar-refractivity contribution in [1.82, 2.24) is 4.98 Å². The van der Waals surface area contributed by atoms with Gasteiger partial charge in [0.25, 0.3) is 6.43 Å². The average Bonchev–Trinajstić information content (AvgIpc) is 2.17. The Morgan fingerprint density at radius 1 is 1.69 bits per heavy atom. The van der Waals surface area contributed by atoms with E-state index >= 15 is 0 Å². The van der Waals surface area contributed by atoms with Crippen molar-refractivity contribution < 1.29 is 18.3 Å². The molecule has 0 N–H and O–H groups in total. The molecule has 3 nitrogen and oxygen atoms in total. The fourth-order valence-electron chi connectivity index (χ4n) is 1.01. The molecule has 0 aliphatic heterocycles. The minimum Gasteiger partial charge on any atom is -0.462 e. The zero-order valence-corrected chi connectivity index (χ0v) is 11.9. The summed E-state index contributed by atoms with van der Waals surface area (Å²) in [5.74, 6) is -0.659. The van der Waals surface area contributed by atoms with Crippen LogP contribution in [-0.4, -0.2) is 17.6 Å². The number of ether oxygens (including phenoxy) is 1. The maximum atomic E-state index is 12.6. The van der Waals surface area contributed by atoms with Crippen LogP contribution in [0.4, 0.5) is 8.78 Å². The highest BCUT2D eigenvalue weighted by atomic mass is 127. The van der Waals surface area contributed by atoms with E-state index in [0.29, 0.717) is 0 Å². The molecule has 0 radical (unpaired) electrons. The molecule has 7 heteroatoms. The first-order valence-corrected chi connectivity index (χ1v) is 6.15. The molecule has 0 atom stereocenters. The number of halogens is 4. The lowest BCUT2D eigenvalue weighted by Crippen LogP contribution is -2.11. The van der Waals surface area contributed by atoms with Crippen molar-refractivity contribution in [3.63, 3.8) is 0 Å². The maximum absolute atomic E-state index is 12.6. The molecule has 1 rings (SSSR count). The Morgan fingerprint density at radius 3 is 2.81 bits per heavy atom. The summed E-state index contributed by atoms with van der Waals surface area (Å²) in [7, 11) is 0. The monoisotopic (exact) mass is 405 g/mol. The van der Waals surface area contributed by atoms with Crippen LogP contribution in [-0.2, 0) is 4.74 Å². The maximum Gasteiger partial charge on any atom is 0.341 e. The normalized spacial score (nSPS) is 10.6. The highest BCUT2D eigenvalue weighted by Gasteiger charge is 2.23. The minimum atomic E-state index is -2.67. The molecule has 0 aliphatic carbocycles. The van der Waals surface area contributed by atoms with E-state index in [4.69, 9.17) is 4.74 Å². The third-order valence-electron chi connectivity index (χ3n) is 1.71. The third kappa shape index (κ3) is 2.88. The van der Waals surface area contributed by atoms with Gasteiger partial charge in [-0.25, -0.2) is 18.6 Å². The van der Waals surface area contributed by atoms with Crippen LogP contribution in [0, 0.1) is 3.57 Å². The van der Waals surface area contributed by atoms with Crippen LogP contribution in [0.15, 0.2) is 10.8 Å². The lowest BCUT2D eigenvalue weighted by molar-refractivity contribution is 0.0522. The van der Waals surface area contributed by atoms with Gasteiger partial charge in [0.15, 0.2) is 0 Å². The second kappa shape index (κ2) is 5.85. The van der Waals surface area contributed by atoms with E-state index in [0.717, 1.165) is 6.20 Å². The SMILES string of the molecule is CCOC(=O)c1c(Br)ncc(C(F)F)c1I. The first-order chi connectivity index (χ1) is 7.49. The van der Waals surface area contributed by atoms with Gasteiger partial charge in [0.2, 0.25) is 0 Å². The second-order valence-corrected chi connectivity index (χ2v) is 4.54. The van der Waals surface area contributed by atoms with Crippen molar-refractivity contribution in [2.75, 3.05) is 6.61 Å². The molecule has 0 aliphatic rings. The number of nitrogens with zero attached hydrogens (tertiary/aromatic N) is 1. The van der Waals surface area contributed by atoms with Gasteiger partial charge < -0.3 is 4.74 Å². The highest BCUT2D eigenvalue weighted by Crippen LogP contribution is 2.30. The number of hydrogen-bond acceptors (Lipinski definition) is 3. The number of carbonyl (C=O) groups excluding carboxylic acids is 1. The summed E-state index contributed by atoms with van der Waals surface area (Å²) in [6.45, 7) is 1.82. The Balaban J connectivity index is 3.26. The number of rotatable bonds is 3. The number of pyridine rings is 1. The summed E-state index contributed by atoms with van der Waals surface area (Å²) >= 11 is 4.73. The lowest BCUT2D eigenvalue weighted by atomic mass is 10.2. The highest BCUT2D eigenvalue weighted by molar-refractivity contribution is 14.1. The van der Waals surface area contributed by atoms with Crippen LogP contribution in [0.5, 0.6) is 0 Å². The summed E-state index contributed by atoms with van der Waals surface area (Å²) in [5.41, 5.74) is -0.230. The van der Waals surface area contributed by atoms with Crippen molar-refractivity contribution in [3.8, 4) is 0 Å². The summed E-state index contributed by atoms with van der Waals surface area (Å²) < 4.78 is 30.3. The van der Waals surface area contributed by atoms with Crippen molar-refractivity contribution in [1.29, 1.82) is 0 Å². The second-order valence-electron chi connectivity index (χ2n) is 2.71. The van der Waals surface area contributed by atoms with Crippen LogP contribution in [0.1, 0.15) is 29.3 Å². The fourth-order valence-corrected chi connectivity index (χ4v) is 2.69. The standard InChI is InChI=1S/C9H7BrF2INO2/c1-2-16-9(15)5-6(13)4(8(11)12)3-14-7(5)10/h3,8H,2H2,1H3. The predicted molar refractivity (Wildman–Crippen MR) is 65.6 cm³/mol. The molecule has 0 spiro atoms. The summed E-state index contributed by atoms with van der Waals surface area (Å²) in [6.07, 6.45) is -1.63. The first-order valence-electron chi connectivity index (χ1n) is 4.28. The van der Waals surface area contributed by atoms with Gasteiger partial charge in [0.1, 0.15) is 10.2 Å². The van der Waals surface area contributed by atoms with Crippen LogP contribution in [0.25, 0.3) is 0 Å². The summed E-state index contributed by atoms with van der Waals surface area (Å²) in [6, 6.07) is 0. The molecule has 88 valence electrons. The molecule has 0 amide bonds. The van der Waals surface area contributed by atoms with Gasteiger partial charge in [0.05, 0.1) is 12.2 Å². The topological polar surface area (TPSA) is 39.2 Å². The number of esters is 1. The van der Waals surface area contributed by atoms with E-state index < -0.39 is 12.4 Å². The van der Waals surface area contributed by atoms with Gasteiger partial charge in [0, 0.05) is 9.77 Å². The molecule has 0 aromatic carbocycles. The Labute approximate surface area is 113 Å². The molecule has 1 aromatic heterocycles. The minimum absolute atomic E-state index is 0.0419. The van der Waals surface area contributed by atoms with E-state index in [1.807, 2.05) is 0 Å². The largest absolute Gasteiger partial charge is 0.462 e. The molecule has 0 saturated heterocycles. The van der Waals surface area contributed by atoms with E-state index in [1.54, 1.807) is 29.5 Å². The van der Waals surface area contributed by atoms with Gasteiger partial charge in [-0.15, -0.1) is 0 Å². The molecule has 0 fully saturated rings. The number of aromatic nitrogens is 1. The fraction of sp³-hybridized carbons (Fsp3) is 0.333. The Hall–Kier alpha value is -0.310. The molecule has 0 saturated carbocycles. The van der Waals surface area contributed by atoms with Gasteiger partial charge in [-0.2, -0.15) is 0 Å². The summed E-state index contributed by atoms with van der Waals surface area (Å²) in [4.78, 5) is 15.2. The van der Waals surface area contributed by atoms with Crippen molar-refractivity contribution in [2.45, 2.75) is 13.3 Å². The van der Waals surface area contributed by atoms with E-state index in [-0.39, 0.29) is 25.9 Å². The average molecular weight is 406 g/mol. The van der Waals surface area contributed by atoms with Gasteiger partial charge in [-0.05, 0) is 45.4 Å². The van der Waals surface area contributed by atoms with E-state index in [1.165, 1.54) is 0 Å².